The lowest BCUT2D eigenvalue weighted by atomic mass is 10.1. The van der Waals surface area contributed by atoms with Crippen LogP contribution in [0.3, 0.4) is 0 Å². The largest absolute Gasteiger partial charge is 0.471 e. The minimum atomic E-state index is -0.423. The van der Waals surface area contributed by atoms with Crippen LogP contribution >= 0.6 is 11.6 Å². The van der Waals surface area contributed by atoms with Crippen LogP contribution in [0.25, 0.3) is 0 Å². The van der Waals surface area contributed by atoms with Crippen LogP contribution in [0.1, 0.15) is 51.4 Å². The number of amides is 2. The summed E-state index contributed by atoms with van der Waals surface area (Å²) >= 11 is 6.20. The Morgan fingerprint density at radius 2 is 1.85 bits per heavy atom. The molecule has 0 unspecified atom stereocenters. The highest BCUT2D eigenvalue weighted by Crippen LogP contribution is 2.26. The Kier molecular flexibility index (Phi) is 6.69. The molecule has 1 fully saturated rings. The lowest BCUT2D eigenvalue weighted by molar-refractivity contribution is 0.0714. The maximum Gasteiger partial charge on any atom is 0.276 e. The Morgan fingerprint density at radius 1 is 1.15 bits per heavy atom. The summed E-state index contributed by atoms with van der Waals surface area (Å²) in [5, 5.41) is 11.9. The fraction of sp³-hybridized carbons (Fsp3) is 0.391. The van der Waals surface area contributed by atoms with Gasteiger partial charge in [0.25, 0.3) is 11.8 Å². The van der Waals surface area contributed by atoms with Crippen LogP contribution in [0, 0.1) is 13.8 Å². The number of aromatic nitrogens is 4. The Balaban J connectivity index is 1.42. The first-order valence-electron chi connectivity index (χ1n) is 10.9. The lowest BCUT2D eigenvalue weighted by Crippen LogP contribution is -2.37. The summed E-state index contributed by atoms with van der Waals surface area (Å²) < 4.78 is 8.81. The molecular weight excluding hydrogens is 444 g/mol. The van der Waals surface area contributed by atoms with Crippen molar-refractivity contribution in [2.24, 2.45) is 7.05 Å². The van der Waals surface area contributed by atoms with Gasteiger partial charge in [-0.2, -0.15) is 10.2 Å². The van der Waals surface area contributed by atoms with Crippen molar-refractivity contribution in [3.05, 3.63) is 58.1 Å². The first-order chi connectivity index (χ1) is 15.8. The van der Waals surface area contributed by atoms with E-state index in [2.05, 4.69) is 15.5 Å². The number of hydrogen-bond donors (Lipinski definition) is 1. The summed E-state index contributed by atoms with van der Waals surface area (Å²) in [6.45, 7) is 5.41. The van der Waals surface area contributed by atoms with Crippen LogP contribution < -0.4 is 10.1 Å². The van der Waals surface area contributed by atoms with Gasteiger partial charge >= 0.3 is 0 Å². The van der Waals surface area contributed by atoms with Crippen molar-refractivity contribution in [2.45, 2.75) is 39.8 Å². The Bertz CT molecular complexity index is 1160. The van der Waals surface area contributed by atoms with Crippen LogP contribution in [-0.4, -0.2) is 49.4 Å². The van der Waals surface area contributed by atoms with Crippen molar-refractivity contribution in [3.8, 4) is 5.75 Å². The molecule has 0 aliphatic carbocycles. The first kappa shape index (κ1) is 22.8. The smallest absolute Gasteiger partial charge is 0.276 e. The molecule has 10 heteroatoms. The van der Waals surface area contributed by atoms with Gasteiger partial charge in [-0.15, -0.1) is 0 Å². The minimum Gasteiger partial charge on any atom is -0.471 e. The molecule has 2 amide bonds. The molecule has 174 valence electrons. The predicted octanol–water partition coefficient (Wildman–Crippen LogP) is 3.80. The normalized spacial score (nSPS) is 13.8. The zero-order valence-corrected chi connectivity index (χ0v) is 19.7. The van der Waals surface area contributed by atoms with E-state index >= 15 is 0 Å². The molecule has 0 spiro atoms. The predicted molar refractivity (Wildman–Crippen MR) is 125 cm³/mol. The van der Waals surface area contributed by atoms with Crippen LogP contribution in [-0.2, 0) is 13.8 Å². The van der Waals surface area contributed by atoms with Gasteiger partial charge in [0.05, 0.1) is 11.9 Å². The molecule has 9 nitrogen and oxygen atoms in total. The van der Waals surface area contributed by atoms with Crippen molar-refractivity contribution in [1.82, 2.24) is 24.5 Å². The van der Waals surface area contributed by atoms with E-state index in [0.717, 1.165) is 30.4 Å². The van der Waals surface area contributed by atoms with Gasteiger partial charge in [0.2, 0.25) is 0 Å². The van der Waals surface area contributed by atoms with E-state index in [0.29, 0.717) is 35.2 Å². The molecule has 1 aromatic carbocycles. The number of nitrogens with zero attached hydrogens (tertiary/aromatic N) is 5. The first-order valence-corrected chi connectivity index (χ1v) is 11.3. The van der Waals surface area contributed by atoms with Gasteiger partial charge in [-0.05, 0) is 62.4 Å². The average Bonchev–Trinajstić information content (AvgIpc) is 3.43. The van der Waals surface area contributed by atoms with Gasteiger partial charge in [-0.3, -0.25) is 14.3 Å². The number of aryl methyl sites for hydroxylation is 3. The van der Waals surface area contributed by atoms with E-state index in [4.69, 9.17) is 16.3 Å². The fourth-order valence-electron chi connectivity index (χ4n) is 3.90. The number of carbonyl (C=O) groups is 2. The number of rotatable bonds is 6. The average molecular weight is 471 g/mol. The second kappa shape index (κ2) is 9.66. The number of halogens is 1. The van der Waals surface area contributed by atoms with E-state index in [-0.39, 0.29) is 18.3 Å². The van der Waals surface area contributed by atoms with E-state index < -0.39 is 5.91 Å². The highest BCUT2D eigenvalue weighted by molar-refractivity contribution is 6.32. The third kappa shape index (κ3) is 5.03. The summed E-state index contributed by atoms with van der Waals surface area (Å²) in [6.07, 6.45) is 6.25. The van der Waals surface area contributed by atoms with Crippen molar-refractivity contribution < 1.29 is 14.3 Å². The van der Waals surface area contributed by atoms with Crippen molar-refractivity contribution in [1.29, 1.82) is 0 Å². The lowest BCUT2D eigenvalue weighted by Gasteiger charge is -2.27. The molecule has 2 aromatic heterocycles. The molecule has 1 aliphatic heterocycles. The molecule has 0 atom stereocenters. The molecule has 1 saturated heterocycles. The SMILES string of the molecule is Cc1cc(OCn2ccc(C(=O)Nc3cnn(C)c3C(=O)N3CCCCC3)n2)cc(C)c1Cl. The summed E-state index contributed by atoms with van der Waals surface area (Å²) in [5.41, 5.74) is 2.80. The molecule has 0 saturated carbocycles. The standard InChI is InChI=1S/C23H27ClN6O3/c1-15-11-17(12-16(2)20(15)24)33-14-30-10-7-18(27-30)22(31)26-19-13-25-28(3)21(19)23(32)29-8-5-4-6-9-29/h7,10-13H,4-6,8-9,14H2,1-3H3,(H,26,31). The maximum absolute atomic E-state index is 13.0. The third-order valence-electron chi connectivity index (χ3n) is 5.68. The topological polar surface area (TPSA) is 94.3 Å². The summed E-state index contributed by atoms with van der Waals surface area (Å²) in [4.78, 5) is 27.6. The zero-order valence-electron chi connectivity index (χ0n) is 19.0. The van der Waals surface area contributed by atoms with Gasteiger partial charge in [-0.1, -0.05) is 11.6 Å². The van der Waals surface area contributed by atoms with Crippen molar-refractivity contribution >= 4 is 29.1 Å². The summed E-state index contributed by atoms with van der Waals surface area (Å²) in [6, 6.07) is 5.31. The zero-order chi connectivity index (χ0) is 23.5. The van der Waals surface area contributed by atoms with Gasteiger partial charge in [0.1, 0.15) is 11.4 Å². The van der Waals surface area contributed by atoms with Crippen molar-refractivity contribution in [3.63, 3.8) is 0 Å². The van der Waals surface area contributed by atoms with Crippen LogP contribution in [0.5, 0.6) is 5.75 Å². The Hall–Kier alpha value is -3.33. The fourth-order valence-corrected chi connectivity index (χ4v) is 4.01. The van der Waals surface area contributed by atoms with Crippen LogP contribution in [0.2, 0.25) is 5.02 Å². The second-order valence-corrected chi connectivity index (χ2v) is 8.60. The quantitative estimate of drug-likeness (QED) is 0.591. The molecule has 0 radical (unpaired) electrons. The number of benzene rings is 1. The Labute approximate surface area is 197 Å². The third-order valence-corrected chi connectivity index (χ3v) is 6.28. The van der Waals surface area contributed by atoms with E-state index in [1.165, 1.54) is 15.6 Å². The Morgan fingerprint density at radius 3 is 2.55 bits per heavy atom. The highest BCUT2D eigenvalue weighted by Gasteiger charge is 2.25. The van der Waals surface area contributed by atoms with E-state index in [1.807, 2.05) is 30.9 Å². The van der Waals surface area contributed by atoms with Gasteiger partial charge in [0, 0.05) is 31.4 Å². The number of hydrogen-bond acceptors (Lipinski definition) is 5. The van der Waals surface area contributed by atoms with Crippen LogP contribution in [0.4, 0.5) is 5.69 Å². The molecule has 3 heterocycles. The maximum atomic E-state index is 13.0. The second-order valence-electron chi connectivity index (χ2n) is 8.22. The van der Waals surface area contributed by atoms with Crippen LogP contribution in [0.15, 0.2) is 30.6 Å². The van der Waals surface area contributed by atoms with E-state index in [9.17, 15) is 9.59 Å². The monoisotopic (exact) mass is 470 g/mol. The molecule has 1 aliphatic rings. The number of piperidine rings is 1. The molecule has 0 bridgehead atoms. The molecule has 33 heavy (non-hydrogen) atoms. The number of carbonyl (C=O) groups excluding carboxylic acids is 2. The van der Waals surface area contributed by atoms with Gasteiger partial charge in [-0.25, -0.2) is 4.68 Å². The van der Waals surface area contributed by atoms with Gasteiger partial charge < -0.3 is 15.0 Å². The number of ether oxygens (including phenoxy) is 1. The number of nitrogens with one attached hydrogen (secondary N) is 1. The number of anilines is 1. The molecular formula is C23H27ClN6O3. The summed E-state index contributed by atoms with van der Waals surface area (Å²) in [7, 11) is 1.69. The number of likely N-dealkylation sites (tertiary alicyclic amines) is 1. The van der Waals surface area contributed by atoms with Crippen molar-refractivity contribution in [2.75, 3.05) is 18.4 Å². The minimum absolute atomic E-state index is 0.127. The summed E-state index contributed by atoms with van der Waals surface area (Å²) in [5.74, 6) is 0.122. The van der Waals surface area contributed by atoms with E-state index in [1.54, 1.807) is 19.3 Å². The molecule has 4 rings (SSSR count). The molecule has 1 N–H and O–H groups in total. The highest BCUT2D eigenvalue weighted by atomic mass is 35.5. The van der Waals surface area contributed by atoms with Gasteiger partial charge in [0.15, 0.2) is 12.4 Å². The molecule has 3 aromatic rings.